The van der Waals surface area contributed by atoms with Crippen LogP contribution in [0.2, 0.25) is 10.0 Å². The van der Waals surface area contributed by atoms with Gasteiger partial charge in [0, 0.05) is 12.1 Å². The van der Waals surface area contributed by atoms with Crippen molar-refractivity contribution >= 4 is 29.2 Å². The highest BCUT2D eigenvalue weighted by Gasteiger charge is 2.16. The molecule has 72 valence electrons. The zero-order valence-corrected chi connectivity index (χ0v) is 8.33. The van der Waals surface area contributed by atoms with E-state index in [9.17, 15) is 0 Å². The molecule has 1 aromatic heterocycles. The van der Waals surface area contributed by atoms with Crippen molar-refractivity contribution in [3.8, 4) is 5.69 Å². The lowest BCUT2D eigenvalue weighted by Crippen LogP contribution is -2.35. The quantitative estimate of drug-likeness (QED) is 0.751. The Morgan fingerprint density at radius 2 is 2.07 bits per heavy atom. The number of rotatable bonds is 1. The summed E-state index contributed by atoms with van der Waals surface area (Å²) in [5, 5.41) is 8.21. The molecule has 0 unspecified atom stereocenters. The fourth-order valence-corrected chi connectivity index (χ4v) is 1.22. The van der Waals surface area contributed by atoms with E-state index in [1.165, 1.54) is 4.80 Å². The number of nitrogen functional groups attached to an aromatic ring is 1. The van der Waals surface area contributed by atoms with Gasteiger partial charge in [-0.1, -0.05) is 23.2 Å². The van der Waals surface area contributed by atoms with Crippen LogP contribution in [0, 0.1) is 0 Å². The minimum absolute atomic E-state index is 0.0175. The summed E-state index contributed by atoms with van der Waals surface area (Å²) in [5.41, 5.74) is 5.89. The maximum absolute atomic E-state index is 5.81. The average molecular weight is 232 g/mol. The van der Waals surface area contributed by atoms with E-state index in [1.807, 2.05) is 0 Å². The van der Waals surface area contributed by atoms with Gasteiger partial charge < -0.3 is 5.73 Å². The molecule has 0 aliphatic carbocycles. The number of hydrogen-bond acceptors (Lipinski definition) is 4. The van der Waals surface area contributed by atoms with Gasteiger partial charge in [-0.25, -0.2) is 0 Å². The van der Waals surface area contributed by atoms with Gasteiger partial charge in [0.05, 0.1) is 15.1 Å². The summed E-state index contributed by atoms with van der Waals surface area (Å²) >= 11 is 11.6. The number of aromatic nitrogens is 3. The van der Waals surface area contributed by atoms with Crippen LogP contribution in [-0.4, -0.2) is 10.4 Å². The van der Waals surface area contributed by atoms with Gasteiger partial charge in [0.2, 0.25) is 5.27 Å². The molecule has 0 aliphatic heterocycles. The lowest BCUT2D eigenvalue weighted by molar-refractivity contribution is -0.724. The smallest absolute Gasteiger partial charge is 0.346 e. The predicted molar refractivity (Wildman–Crippen MR) is 50.3 cm³/mol. The molecular weight excluding hydrogens is 227 g/mol. The Hall–Kier alpha value is -1.33. The van der Waals surface area contributed by atoms with Crippen LogP contribution in [0.25, 0.3) is 5.69 Å². The molecule has 14 heavy (non-hydrogen) atoms. The van der Waals surface area contributed by atoms with E-state index in [-0.39, 0.29) is 6.01 Å². The Morgan fingerprint density at radius 3 is 2.64 bits per heavy atom. The molecule has 0 aliphatic rings. The maximum atomic E-state index is 5.81. The van der Waals surface area contributed by atoms with Gasteiger partial charge in [0.25, 0.3) is 5.69 Å². The van der Waals surface area contributed by atoms with E-state index in [0.29, 0.717) is 15.7 Å². The normalized spacial score (nSPS) is 10.4. The van der Waals surface area contributed by atoms with Crippen molar-refractivity contribution in [3.63, 3.8) is 0 Å². The molecule has 7 heteroatoms. The number of nitrogens with two attached hydrogens (primary N) is 1. The van der Waals surface area contributed by atoms with Gasteiger partial charge in [-0.05, 0) is 6.07 Å². The average Bonchev–Trinajstić information content (AvgIpc) is 2.57. The Labute approximate surface area is 89.0 Å². The van der Waals surface area contributed by atoms with Gasteiger partial charge in [-0.15, -0.1) is 0 Å². The zero-order valence-electron chi connectivity index (χ0n) is 6.82. The summed E-state index contributed by atoms with van der Waals surface area (Å²) in [6.45, 7) is 0. The van der Waals surface area contributed by atoms with Crippen LogP contribution in [0.15, 0.2) is 22.7 Å². The van der Waals surface area contributed by atoms with Gasteiger partial charge in [0.1, 0.15) is 4.80 Å². The lowest BCUT2D eigenvalue weighted by atomic mass is 10.3. The van der Waals surface area contributed by atoms with E-state index >= 15 is 0 Å². The van der Waals surface area contributed by atoms with Crippen molar-refractivity contribution in [2.24, 2.45) is 0 Å². The van der Waals surface area contributed by atoms with Crippen molar-refractivity contribution in [1.82, 2.24) is 10.4 Å². The van der Waals surface area contributed by atoms with Crippen molar-refractivity contribution in [2.75, 3.05) is 5.73 Å². The maximum Gasteiger partial charge on any atom is 0.387 e. The first-order valence-electron chi connectivity index (χ1n) is 3.64. The zero-order chi connectivity index (χ0) is 10.1. The molecule has 0 saturated carbocycles. The first-order valence-corrected chi connectivity index (χ1v) is 4.39. The Balaban J connectivity index is 2.47. The predicted octanol–water partition coefficient (Wildman–Crippen LogP) is 1.24. The minimum atomic E-state index is -0.0175. The summed E-state index contributed by atoms with van der Waals surface area (Å²) in [7, 11) is 0. The summed E-state index contributed by atoms with van der Waals surface area (Å²) in [4.78, 5) is 1.22. The van der Waals surface area contributed by atoms with Crippen LogP contribution in [0.5, 0.6) is 0 Å². The van der Waals surface area contributed by atoms with Gasteiger partial charge in [-0.2, -0.15) is 0 Å². The van der Waals surface area contributed by atoms with Crippen LogP contribution >= 0.6 is 23.2 Å². The molecule has 5 nitrogen and oxygen atoms in total. The van der Waals surface area contributed by atoms with E-state index in [2.05, 4.69) is 14.9 Å². The minimum Gasteiger partial charge on any atom is -0.346 e. The standard InChI is InChI=1S/C7H5Cl2N4O/c8-5-2-1-4(3-6(5)9)13-11-7(10)14-12-13/h1-3H,(H2,10,11,12)/q+1. The number of benzene rings is 1. The number of anilines is 1. The number of nitrogens with zero attached hydrogens (tertiary/aromatic N) is 3. The molecule has 2 rings (SSSR count). The molecule has 0 atom stereocenters. The molecule has 1 aromatic carbocycles. The molecule has 0 fully saturated rings. The van der Waals surface area contributed by atoms with Gasteiger partial charge in [0.15, 0.2) is 0 Å². The van der Waals surface area contributed by atoms with Crippen LogP contribution in [0.3, 0.4) is 0 Å². The van der Waals surface area contributed by atoms with E-state index < -0.39 is 0 Å². The molecule has 1 heterocycles. The molecular formula is C7H5Cl2N4O+. The molecule has 0 amide bonds. The largest absolute Gasteiger partial charge is 0.387 e. The first kappa shape index (κ1) is 9.23. The molecule has 0 bridgehead atoms. The third-order valence-corrected chi connectivity index (χ3v) is 2.28. The van der Waals surface area contributed by atoms with Crippen molar-refractivity contribution in [2.45, 2.75) is 0 Å². The molecule has 0 spiro atoms. The van der Waals surface area contributed by atoms with Crippen molar-refractivity contribution in [3.05, 3.63) is 28.2 Å². The van der Waals surface area contributed by atoms with E-state index in [1.54, 1.807) is 18.2 Å². The van der Waals surface area contributed by atoms with E-state index in [0.717, 1.165) is 0 Å². The Morgan fingerprint density at radius 1 is 1.29 bits per heavy atom. The number of halogens is 2. The monoisotopic (exact) mass is 231 g/mol. The van der Waals surface area contributed by atoms with Gasteiger partial charge in [-0.3, -0.25) is 4.52 Å². The van der Waals surface area contributed by atoms with Crippen LogP contribution in [0.1, 0.15) is 0 Å². The Bertz CT molecular complexity index is 470. The van der Waals surface area contributed by atoms with Crippen LogP contribution < -0.4 is 10.5 Å². The highest BCUT2D eigenvalue weighted by Crippen LogP contribution is 2.22. The highest BCUT2D eigenvalue weighted by atomic mass is 35.5. The number of hydrogen-bond donors (Lipinski definition) is 1. The van der Waals surface area contributed by atoms with Crippen LogP contribution in [-0.2, 0) is 0 Å². The third-order valence-electron chi connectivity index (χ3n) is 1.54. The fraction of sp³-hybridized carbons (Fsp3) is 0. The topological polar surface area (TPSA) is 68.8 Å². The Kier molecular flexibility index (Phi) is 2.26. The third kappa shape index (κ3) is 1.64. The second kappa shape index (κ2) is 3.43. The fourth-order valence-electron chi connectivity index (χ4n) is 0.925. The molecule has 0 saturated heterocycles. The second-order valence-corrected chi connectivity index (χ2v) is 3.31. The molecule has 2 aromatic rings. The first-order chi connectivity index (χ1) is 6.66. The van der Waals surface area contributed by atoms with Crippen molar-refractivity contribution < 1.29 is 9.32 Å². The summed E-state index contributed by atoms with van der Waals surface area (Å²) < 4.78 is 4.59. The van der Waals surface area contributed by atoms with E-state index in [4.69, 9.17) is 28.9 Å². The second-order valence-electron chi connectivity index (χ2n) is 2.50. The van der Waals surface area contributed by atoms with Gasteiger partial charge >= 0.3 is 6.01 Å². The van der Waals surface area contributed by atoms with Crippen LogP contribution in [0.4, 0.5) is 6.01 Å². The summed E-state index contributed by atoms with van der Waals surface area (Å²) in [5.74, 6) is 0. The summed E-state index contributed by atoms with van der Waals surface area (Å²) in [6, 6.07) is 4.93. The molecule has 2 N–H and O–H groups in total. The SMILES string of the molecule is Nc1n[n+](-c2ccc(Cl)c(Cl)c2)no1. The van der Waals surface area contributed by atoms with Crippen molar-refractivity contribution in [1.29, 1.82) is 0 Å². The molecule has 0 radical (unpaired) electrons. The lowest BCUT2D eigenvalue weighted by Gasteiger charge is -1.91. The highest BCUT2D eigenvalue weighted by molar-refractivity contribution is 6.42. The summed E-state index contributed by atoms with van der Waals surface area (Å²) in [6.07, 6.45) is 0.